The van der Waals surface area contributed by atoms with Gasteiger partial charge in [-0.15, -0.1) is 0 Å². The van der Waals surface area contributed by atoms with Crippen LogP contribution in [0.1, 0.15) is 31.8 Å². The largest absolute Gasteiger partial charge is 0.449 e. The van der Waals surface area contributed by atoms with Crippen molar-refractivity contribution >= 4 is 73.5 Å². The number of carbonyl (C=O) groups is 2. The van der Waals surface area contributed by atoms with Crippen LogP contribution in [-0.4, -0.2) is 73.5 Å². The first-order valence-corrected chi connectivity index (χ1v) is 13.4. The highest BCUT2D eigenvalue weighted by atomic mass is 28.3. The molecule has 12 heteroatoms. The molecule has 0 fully saturated rings. The van der Waals surface area contributed by atoms with E-state index < -0.39 is 20.0 Å². The zero-order valence-corrected chi connectivity index (χ0v) is 26.3. The maximum absolute atomic E-state index is 12.1. The predicted octanol–water partition coefficient (Wildman–Crippen LogP) is -4.38. The van der Waals surface area contributed by atoms with Crippen LogP contribution in [0.5, 0.6) is 0 Å². The molecule has 0 saturated heterocycles. The van der Waals surface area contributed by atoms with Gasteiger partial charge in [0.05, 0.1) is 0 Å². The average Bonchev–Trinajstić information content (AvgIpc) is 2.68. The molecule has 1 aliphatic rings. The van der Waals surface area contributed by atoms with Crippen molar-refractivity contribution in [3.05, 3.63) is 70.8 Å². The molecule has 0 bridgehead atoms. The fourth-order valence-electron chi connectivity index (χ4n) is 2.28. The Morgan fingerprint density at radius 3 is 0.923 bits per heavy atom. The van der Waals surface area contributed by atoms with E-state index in [1.54, 1.807) is 48.5 Å². The summed E-state index contributed by atoms with van der Waals surface area (Å²) in [6.07, 6.45) is 0. The number of ketones is 2. The third kappa shape index (κ3) is 6.58. The molecule has 0 aliphatic heterocycles. The summed E-state index contributed by atoms with van der Waals surface area (Å²) < 4.78 is 19.1. The number of hydrogen-bond donors (Lipinski definition) is 0. The molecule has 2 aromatic carbocycles. The first kappa shape index (κ1) is 23.0. The third-order valence-corrected chi connectivity index (χ3v) is 7.08. The topological polar surface area (TPSA) is 71.1 Å². The first-order chi connectivity index (χ1) is 12.6. The third-order valence-electron chi connectivity index (χ3n) is 3.30. The Morgan fingerprint density at radius 2 is 0.769 bits per heavy atom. The Labute approximate surface area is 170 Å². The fraction of sp³-hybridized carbons (Fsp3) is 0. The minimum atomic E-state index is -0.444. The monoisotopic (exact) mass is 456 g/mol. The lowest BCUT2D eigenvalue weighted by atomic mass is 9.84. The summed E-state index contributed by atoms with van der Waals surface area (Å²) in [5.74, 6) is -0.128. The van der Waals surface area contributed by atoms with Crippen molar-refractivity contribution in [2.24, 2.45) is 0 Å². The van der Waals surface area contributed by atoms with E-state index in [1.807, 2.05) is 0 Å². The van der Waals surface area contributed by atoms with Crippen LogP contribution in [0.2, 0.25) is 0 Å². The number of carbonyl (C=O) groups excluding carboxylic acids is 2. The van der Waals surface area contributed by atoms with Crippen molar-refractivity contribution in [2.45, 2.75) is 0 Å². The number of fused-ring (bicyclic) bond motifs is 2. The van der Waals surface area contributed by atoms with Crippen LogP contribution in [0.25, 0.3) is 0 Å². The molecule has 2 aromatic rings. The summed E-state index contributed by atoms with van der Waals surface area (Å²) in [7, 11) is 2.54. The summed E-state index contributed by atoms with van der Waals surface area (Å²) in [4.78, 5) is 24.2. The van der Waals surface area contributed by atoms with E-state index in [9.17, 15) is 9.59 Å². The van der Waals surface area contributed by atoms with Crippen molar-refractivity contribution in [1.29, 1.82) is 0 Å². The van der Waals surface area contributed by atoms with Crippen molar-refractivity contribution in [3.8, 4) is 0 Å². The fourth-order valence-corrected chi connectivity index (χ4v) is 8.41. The molecule has 6 nitrogen and oxygen atoms in total. The van der Waals surface area contributed by atoms with Gasteiger partial charge in [0.2, 0.25) is 0 Å². The Bertz CT molecular complexity index is 613. The lowest BCUT2D eigenvalue weighted by Gasteiger charge is -2.16. The first-order valence-electron chi connectivity index (χ1n) is 7.85. The summed E-state index contributed by atoms with van der Waals surface area (Å²) in [5.41, 5.74) is 2.02. The molecule has 140 valence electrons. The number of hydrogen-bond acceptors (Lipinski definition) is 6. The van der Waals surface area contributed by atoms with Gasteiger partial charge in [0.1, 0.15) is 41.9 Å². The minimum Gasteiger partial charge on any atom is -0.449 e. The van der Waals surface area contributed by atoms with E-state index >= 15 is 0 Å². The molecule has 0 spiro atoms. The molecular weight excluding hydrogens is 433 g/mol. The zero-order valence-electron chi connectivity index (χ0n) is 15.5. The van der Waals surface area contributed by atoms with Crippen LogP contribution in [0, 0.1) is 0 Å². The normalized spacial score (nSPS) is 12.8. The van der Waals surface area contributed by atoms with Gasteiger partial charge in [-0.2, -0.15) is 0 Å². The predicted molar refractivity (Wildman–Crippen MR) is 121 cm³/mol. The molecule has 0 atom stereocenters. The van der Waals surface area contributed by atoms with E-state index in [0.717, 1.165) is 41.9 Å². The quantitative estimate of drug-likeness (QED) is 0.369. The molecule has 26 heavy (non-hydrogen) atoms. The highest BCUT2D eigenvalue weighted by molar-refractivity contribution is 6.33. The maximum Gasteiger partial charge on any atom is 0.282 e. The second-order valence-corrected chi connectivity index (χ2v) is 14.8. The molecule has 0 unspecified atom stereocenters. The SMILES string of the molecule is O=C1c2ccccc2C(=O)c2ccccc21.[SiH3]O[SiH2]O[SiH3].[SiH3]O[SiH2]O[SiH3]. The lowest BCUT2D eigenvalue weighted by molar-refractivity contribution is 0.0979. The van der Waals surface area contributed by atoms with Gasteiger partial charge in [0, 0.05) is 22.3 Å². The molecule has 0 heterocycles. The average molecular weight is 457 g/mol. The second kappa shape index (κ2) is 13.1. The zero-order chi connectivity index (χ0) is 19.4. The van der Waals surface area contributed by atoms with Crippen molar-refractivity contribution < 1.29 is 26.0 Å². The minimum absolute atomic E-state index is 0.0641. The van der Waals surface area contributed by atoms with Crippen molar-refractivity contribution in [1.82, 2.24) is 0 Å². The van der Waals surface area contributed by atoms with Gasteiger partial charge in [-0.1, -0.05) is 48.5 Å². The van der Waals surface area contributed by atoms with Crippen LogP contribution >= 0.6 is 0 Å². The van der Waals surface area contributed by atoms with Crippen LogP contribution in [0.3, 0.4) is 0 Å². The van der Waals surface area contributed by atoms with Gasteiger partial charge in [0.25, 0.3) is 20.0 Å². The highest BCUT2D eigenvalue weighted by Crippen LogP contribution is 2.26. The van der Waals surface area contributed by atoms with Gasteiger partial charge < -0.3 is 16.5 Å². The Kier molecular flexibility index (Phi) is 11.6. The number of rotatable bonds is 4. The van der Waals surface area contributed by atoms with E-state index in [0.29, 0.717) is 22.3 Å². The molecule has 0 amide bonds. The Hall–Kier alpha value is -1.08. The molecular formula is C14H24O6Si6. The van der Waals surface area contributed by atoms with Crippen LogP contribution in [0.4, 0.5) is 0 Å². The maximum atomic E-state index is 12.1. The second-order valence-electron chi connectivity index (χ2n) is 5.14. The van der Waals surface area contributed by atoms with E-state index in [-0.39, 0.29) is 11.6 Å². The summed E-state index contributed by atoms with van der Waals surface area (Å²) in [6, 6.07) is 13.9. The van der Waals surface area contributed by atoms with Crippen LogP contribution in [0.15, 0.2) is 48.5 Å². The molecule has 3 rings (SSSR count). The highest BCUT2D eigenvalue weighted by Gasteiger charge is 2.28. The number of benzene rings is 2. The molecule has 0 N–H and O–H groups in total. The van der Waals surface area contributed by atoms with Gasteiger partial charge in [-0.25, -0.2) is 0 Å². The van der Waals surface area contributed by atoms with Crippen LogP contribution < -0.4 is 0 Å². The van der Waals surface area contributed by atoms with Gasteiger partial charge in [-0.05, 0) is 0 Å². The van der Waals surface area contributed by atoms with Crippen molar-refractivity contribution in [3.63, 3.8) is 0 Å². The molecule has 1 aliphatic carbocycles. The summed E-state index contributed by atoms with van der Waals surface area (Å²) in [5, 5.41) is 0. The Morgan fingerprint density at radius 1 is 0.538 bits per heavy atom. The Balaban J connectivity index is 0.000000284. The van der Waals surface area contributed by atoms with Crippen LogP contribution in [-0.2, 0) is 16.5 Å². The van der Waals surface area contributed by atoms with Crippen molar-refractivity contribution in [2.75, 3.05) is 0 Å². The smallest absolute Gasteiger partial charge is 0.282 e. The molecule has 0 saturated carbocycles. The standard InChI is InChI=1S/C14H8O2.2H8O2Si3/c15-13-9-5-1-2-6-10(9)14(16)12-8-4-3-7-11(12)13;2*3-1-5-2-4/h1-8H;2*5H2,3-4H3. The van der Waals surface area contributed by atoms with E-state index in [2.05, 4.69) is 0 Å². The van der Waals surface area contributed by atoms with E-state index in [1.165, 1.54) is 0 Å². The summed E-state index contributed by atoms with van der Waals surface area (Å²) >= 11 is 0. The lowest BCUT2D eigenvalue weighted by Crippen LogP contribution is -2.20. The van der Waals surface area contributed by atoms with Gasteiger partial charge >= 0.3 is 0 Å². The molecule has 0 aromatic heterocycles. The van der Waals surface area contributed by atoms with E-state index in [4.69, 9.17) is 16.5 Å². The molecule has 0 radical (unpaired) electrons. The van der Waals surface area contributed by atoms with Gasteiger partial charge in [-0.3, -0.25) is 9.59 Å². The van der Waals surface area contributed by atoms with Gasteiger partial charge in [0.15, 0.2) is 11.6 Å². The summed E-state index contributed by atoms with van der Waals surface area (Å²) in [6.45, 7) is 0.